The molecule has 3 nitrogen and oxygen atoms in total. The van der Waals surface area contributed by atoms with E-state index in [0.717, 1.165) is 23.9 Å². The Morgan fingerprint density at radius 1 is 1.19 bits per heavy atom. The molecule has 114 valence electrons. The molecule has 0 fully saturated rings. The Morgan fingerprint density at radius 2 is 2.00 bits per heavy atom. The minimum absolute atomic E-state index is 0.105. The van der Waals surface area contributed by atoms with Gasteiger partial charge in [-0.05, 0) is 30.9 Å². The molecule has 2 rings (SSSR count). The van der Waals surface area contributed by atoms with Gasteiger partial charge in [-0.1, -0.05) is 44.4 Å². The van der Waals surface area contributed by atoms with Crippen molar-refractivity contribution in [3.05, 3.63) is 46.9 Å². The van der Waals surface area contributed by atoms with Crippen LogP contribution in [0.2, 0.25) is 0 Å². The molecule has 0 spiro atoms. The molecule has 1 aromatic heterocycles. The third kappa shape index (κ3) is 4.43. The molecule has 0 aliphatic carbocycles. The molecular weight excluding hydrogens is 260 g/mol. The van der Waals surface area contributed by atoms with Gasteiger partial charge in [-0.15, -0.1) is 0 Å². The molecule has 1 N–H and O–H groups in total. The lowest BCUT2D eigenvalue weighted by molar-refractivity contribution is 0.468. The Kier molecular flexibility index (Phi) is 6.00. The van der Waals surface area contributed by atoms with Crippen molar-refractivity contribution in [3.63, 3.8) is 0 Å². The van der Waals surface area contributed by atoms with Gasteiger partial charge in [-0.2, -0.15) is 0 Å². The van der Waals surface area contributed by atoms with Crippen LogP contribution in [0.5, 0.6) is 0 Å². The van der Waals surface area contributed by atoms with Crippen LogP contribution in [-0.2, 0) is 6.54 Å². The van der Waals surface area contributed by atoms with Gasteiger partial charge in [0.05, 0.1) is 0 Å². The van der Waals surface area contributed by atoms with Crippen LogP contribution in [0.4, 0.5) is 0 Å². The van der Waals surface area contributed by atoms with Gasteiger partial charge >= 0.3 is 0 Å². The van der Waals surface area contributed by atoms with Gasteiger partial charge in [-0.3, -0.25) is 4.79 Å². The van der Waals surface area contributed by atoms with Gasteiger partial charge in [0.2, 0.25) is 0 Å². The molecule has 21 heavy (non-hydrogen) atoms. The zero-order valence-corrected chi connectivity index (χ0v) is 13.1. The number of benzene rings is 1. The zero-order valence-electron chi connectivity index (χ0n) is 13.1. The van der Waals surface area contributed by atoms with Gasteiger partial charge in [0.1, 0.15) is 0 Å². The summed E-state index contributed by atoms with van der Waals surface area (Å²) in [5.74, 6) is 0. The molecule has 1 unspecified atom stereocenters. The average Bonchev–Trinajstić information content (AvgIpc) is 2.50. The van der Waals surface area contributed by atoms with Gasteiger partial charge < -0.3 is 9.88 Å². The van der Waals surface area contributed by atoms with Crippen LogP contribution in [0.1, 0.15) is 39.5 Å². The molecule has 3 heteroatoms. The monoisotopic (exact) mass is 286 g/mol. The highest BCUT2D eigenvalue weighted by Gasteiger charge is 2.03. The number of pyridine rings is 1. The number of aromatic nitrogens is 1. The quantitative estimate of drug-likeness (QED) is 0.753. The fourth-order valence-corrected chi connectivity index (χ4v) is 2.64. The fourth-order valence-electron chi connectivity index (χ4n) is 2.64. The van der Waals surface area contributed by atoms with Crippen LogP contribution < -0.4 is 10.9 Å². The van der Waals surface area contributed by atoms with Gasteiger partial charge in [-0.25, -0.2) is 0 Å². The lowest BCUT2D eigenvalue weighted by Gasteiger charge is -2.14. The highest BCUT2D eigenvalue weighted by Crippen LogP contribution is 2.08. The molecule has 1 heterocycles. The highest BCUT2D eigenvalue weighted by atomic mass is 16.1. The number of nitrogens with one attached hydrogen (secondary N) is 1. The van der Waals surface area contributed by atoms with Gasteiger partial charge in [0.25, 0.3) is 5.56 Å². The van der Waals surface area contributed by atoms with E-state index in [2.05, 4.69) is 19.2 Å². The maximum Gasteiger partial charge on any atom is 0.258 e. The number of rotatable bonds is 8. The molecular formula is C18H26N2O. The van der Waals surface area contributed by atoms with E-state index < -0.39 is 0 Å². The molecule has 0 amide bonds. The van der Waals surface area contributed by atoms with Crippen molar-refractivity contribution in [2.24, 2.45) is 0 Å². The number of fused-ring (bicyclic) bond motifs is 1. The smallest absolute Gasteiger partial charge is 0.258 e. The molecule has 0 aliphatic rings. The Balaban J connectivity index is 1.89. The molecule has 1 aromatic carbocycles. The first-order valence-corrected chi connectivity index (χ1v) is 8.04. The number of unbranched alkanes of at least 4 members (excludes halogenated alkanes) is 2. The van der Waals surface area contributed by atoms with Gasteiger partial charge in [0.15, 0.2) is 0 Å². The Hall–Kier alpha value is -1.61. The summed E-state index contributed by atoms with van der Waals surface area (Å²) in [6, 6.07) is 10.3. The van der Waals surface area contributed by atoms with Crippen LogP contribution in [-0.4, -0.2) is 17.2 Å². The van der Waals surface area contributed by atoms with E-state index in [9.17, 15) is 4.79 Å². The van der Waals surface area contributed by atoms with E-state index in [1.807, 2.05) is 36.5 Å². The van der Waals surface area contributed by atoms with Crippen LogP contribution >= 0.6 is 0 Å². The van der Waals surface area contributed by atoms with Crippen molar-refractivity contribution in [1.29, 1.82) is 0 Å². The Bertz CT molecular complexity index is 618. The highest BCUT2D eigenvalue weighted by molar-refractivity contribution is 5.81. The standard InChI is InChI=1S/C18H26N2O/c1-3-4-5-8-15(2)19-12-14-20-13-11-16-9-6-7-10-17(16)18(20)21/h6-7,9-11,13,15,19H,3-5,8,12,14H2,1-2H3. The van der Waals surface area contributed by atoms with Crippen LogP contribution in [0.15, 0.2) is 41.3 Å². The second-order valence-corrected chi connectivity index (χ2v) is 5.75. The first-order chi connectivity index (χ1) is 10.2. The average molecular weight is 286 g/mol. The predicted octanol–water partition coefficient (Wildman–Crippen LogP) is 3.56. The summed E-state index contributed by atoms with van der Waals surface area (Å²) in [5, 5.41) is 5.32. The summed E-state index contributed by atoms with van der Waals surface area (Å²) < 4.78 is 1.80. The van der Waals surface area contributed by atoms with Crippen molar-refractivity contribution in [2.45, 2.75) is 52.1 Å². The Labute approximate surface area is 127 Å². The lowest BCUT2D eigenvalue weighted by Crippen LogP contribution is -2.32. The number of hydrogen-bond acceptors (Lipinski definition) is 2. The molecule has 0 radical (unpaired) electrons. The molecule has 0 aliphatic heterocycles. The maximum absolute atomic E-state index is 12.4. The first kappa shape index (κ1) is 15.8. The zero-order chi connectivity index (χ0) is 15.1. The largest absolute Gasteiger partial charge is 0.314 e. The van der Waals surface area contributed by atoms with E-state index >= 15 is 0 Å². The molecule has 0 saturated heterocycles. The van der Waals surface area contributed by atoms with E-state index in [-0.39, 0.29) is 5.56 Å². The summed E-state index contributed by atoms with van der Waals surface area (Å²) in [5.41, 5.74) is 0.105. The van der Waals surface area contributed by atoms with Crippen molar-refractivity contribution < 1.29 is 0 Å². The third-order valence-electron chi connectivity index (χ3n) is 3.97. The van der Waals surface area contributed by atoms with E-state index in [1.54, 1.807) is 4.57 Å². The topological polar surface area (TPSA) is 34.0 Å². The second kappa shape index (κ2) is 7.99. The van der Waals surface area contributed by atoms with E-state index in [1.165, 1.54) is 25.7 Å². The molecule has 0 bridgehead atoms. The second-order valence-electron chi connectivity index (χ2n) is 5.75. The van der Waals surface area contributed by atoms with Crippen molar-refractivity contribution in [1.82, 2.24) is 9.88 Å². The fraction of sp³-hybridized carbons (Fsp3) is 0.500. The summed E-state index contributed by atoms with van der Waals surface area (Å²) in [6.07, 6.45) is 6.95. The summed E-state index contributed by atoms with van der Waals surface area (Å²) in [4.78, 5) is 12.4. The SMILES string of the molecule is CCCCCC(C)NCCn1ccc2ccccc2c1=O. The van der Waals surface area contributed by atoms with Crippen molar-refractivity contribution >= 4 is 10.8 Å². The Morgan fingerprint density at radius 3 is 2.81 bits per heavy atom. The summed E-state index contributed by atoms with van der Waals surface area (Å²) in [7, 11) is 0. The maximum atomic E-state index is 12.4. The number of hydrogen-bond donors (Lipinski definition) is 1. The minimum atomic E-state index is 0.105. The molecule has 2 aromatic rings. The first-order valence-electron chi connectivity index (χ1n) is 8.04. The summed E-state index contributed by atoms with van der Waals surface area (Å²) in [6.45, 7) is 6.01. The normalized spacial score (nSPS) is 12.7. The summed E-state index contributed by atoms with van der Waals surface area (Å²) >= 11 is 0. The lowest BCUT2D eigenvalue weighted by atomic mass is 10.1. The van der Waals surface area contributed by atoms with Crippen LogP contribution in [0.3, 0.4) is 0 Å². The van der Waals surface area contributed by atoms with Crippen molar-refractivity contribution in [3.8, 4) is 0 Å². The van der Waals surface area contributed by atoms with E-state index in [0.29, 0.717) is 6.04 Å². The molecule has 0 saturated carbocycles. The van der Waals surface area contributed by atoms with Crippen LogP contribution in [0, 0.1) is 0 Å². The van der Waals surface area contributed by atoms with E-state index in [4.69, 9.17) is 0 Å². The van der Waals surface area contributed by atoms with Crippen LogP contribution in [0.25, 0.3) is 10.8 Å². The molecule has 1 atom stereocenters. The number of nitrogens with zero attached hydrogens (tertiary/aromatic N) is 1. The minimum Gasteiger partial charge on any atom is -0.314 e. The van der Waals surface area contributed by atoms with Gasteiger partial charge in [0, 0.05) is 30.7 Å². The third-order valence-corrected chi connectivity index (χ3v) is 3.97. The predicted molar refractivity (Wildman–Crippen MR) is 89.8 cm³/mol. The van der Waals surface area contributed by atoms with Crippen molar-refractivity contribution in [2.75, 3.05) is 6.54 Å².